The van der Waals surface area contributed by atoms with Crippen LogP contribution in [-0.4, -0.2) is 19.0 Å². The average molecular weight is 142 g/mol. The molecule has 58 valence electrons. The fourth-order valence-electron chi connectivity index (χ4n) is 0.463. The van der Waals surface area contributed by atoms with Crippen molar-refractivity contribution in [2.75, 3.05) is 13.2 Å². The van der Waals surface area contributed by atoms with Gasteiger partial charge >= 0.3 is 0 Å². The molecule has 0 aromatic carbocycles. The molecule has 0 aliphatic rings. The van der Waals surface area contributed by atoms with Gasteiger partial charge in [-0.1, -0.05) is 12.2 Å². The first-order chi connectivity index (χ1) is 4.77. The van der Waals surface area contributed by atoms with Gasteiger partial charge in [0.2, 0.25) is 0 Å². The van der Waals surface area contributed by atoms with Gasteiger partial charge < -0.3 is 4.74 Å². The second kappa shape index (κ2) is 6.49. The Kier molecular flexibility index (Phi) is 6.08. The smallest absolute Gasteiger partial charge is 0.132 e. The minimum absolute atomic E-state index is 0.181. The minimum atomic E-state index is 0.181. The molecule has 0 aromatic heterocycles. The highest BCUT2D eigenvalue weighted by Crippen LogP contribution is 1.84. The Bertz CT molecular complexity index is 116. The van der Waals surface area contributed by atoms with Crippen LogP contribution in [-0.2, 0) is 9.53 Å². The summed E-state index contributed by atoms with van der Waals surface area (Å²) >= 11 is 0. The molecule has 10 heavy (non-hydrogen) atoms. The van der Waals surface area contributed by atoms with Crippen molar-refractivity contribution in [1.29, 1.82) is 0 Å². The van der Waals surface area contributed by atoms with E-state index >= 15 is 0 Å². The van der Waals surface area contributed by atoms with Gasteiger partial charge in [0.15, 0.2) is 0 Å². The number of rotatable bonds is 5. The first-order valence-electron chi connectivity index (χ1n) is 3.45. The fourth-order valence-corrected chi connectivity index (χ4v) is 0.463. The van der Waals surface area contributed by atoms with Crippen molar-refractivity contribution < 1.29 is 9.53 Å². The monoisotopic (exact) mass is 142 g/mol. The number of hydrogen-bond acceptors (Lipinski definition) is 2. The lowest BCUT2D eigenvalue weighted by molar-refractivity contribution is -0.117. The molecular weight excluding hydrogens is 128 g/mol. The van der Waals surface area contributed by atoms with Gasteiger partial charge in [0.05, 0.1) is 13.2 Å². The first kappa shape index (κ1) is 9.37. The second-order valence-corrected chi connectivity index (χ2v) is 2.10. The molecule has 0 atom stereocenters. The number of Topliss-reactive ketones (excluding diaryl/α,β-unsaturated/α-hetero) is 1. The Morgan fingerprint density at radius 1 is 1.60 bits per heavy atom. The number of allylic oxidation sites excluding steroid dienone is 1. The molecule has 0 heterocycles. The van der Waals surface area contributed by atoms with E-state index in [1.807, 2.05) is 19.1 Å². The normalized spacial score (nSPS) is 10.6. The van der Waals surface area contributed by atoms with E-state index in [4.69, 9.17) is 4.74 Å². The van der Waals surface area contributed by atoms with Crippen molar-refractivity contribution >= 4 is 5.78 Å². The Hall–Kier alpha value is -0.630. The van der Waals surface area contributed by atoms with E-state index < -0.39 is 0 Å². The molecule has 0 rings (SSSR count). The molecule has 0 aliphatic heterocycles. The van der Waals surface area contributed by atoms with E-state index in [1.54, 1.807) is 6.92 Å². The third-order valence-corrected chi connectivity index (χ3v) is 1.05. The molecule has 0 amide bonds. The van der Waals surface area contributed by atoms with Crippen molar-refractivity contribution in [1.82, 2.24) is 0 Å². The highest BCUT2D eigenvalue weighted by molar-refractivity contribution is 5.75. The third-order valence-electron chi connectivity index (χ3n) is 1.05. The number of ether oxygens (including phenoxy) is 1. The molecule has 0 radical (unpaired) electrons. The lowest BCUT2D eigenvalue weighted by Gasteiger charge is -1.96. The Morgan fingerprint density at radius 2 is 2.30 bits per heavy atom. The molecule has 0 saturated carbocycles. The zero-order chi connectivity index (χ0) is 7.82. The Morgan fingerprint density at radius 3 is 2.80 bits per heavy atom. The fraction of sp³-hybridized carbons (Fsp3) is 0.625. The standard InChI is InChI=1S/C8H14O2/c1-3-4-6-10-7-5-8(2)9/h3-4H,5-7H2,1-2H3. The van der Waals surface area contributed by atoms with Crippen molar-refractivity contribution in [3.63, 3.8) is 0 Å². The summed E-state index contributed by atoms with van der Waals surface area (Å²) in [4.78, 5) is 10.4. The van der Waals surface area contributed by atoms with Gasteiger partial charge in [-0.15, -0.1) is 0 Å². The summed E-state index contributed by atoms with van der Waals surface area (Å²) in [6.07, 6.45) is 4.37. The van der Waals surface area contributed by atoms with Crippen LogP contribution in [0, 0.1) is 0 Å². The maximum Gasteiger partial charge on any atom is 0.132 e. The zero-order valence-corrected chi connectivity index (χ0v) is 6.59. The highest BCUT2D eigenvalue weighted by Gasteiger charge is 1.90. The number of hydrogen-bond donors (Lipinski definition) is 0. The molecule has 0 bridgehead atoms. The van der Waals surface area contributed by atoms with E-state index in [-0.39, 0.29) is 5.78 Å². The van der Waals surface area contributed by atoms with E-state index in [9.17, 15) is 4.79 Å². The summed E-state index contributed by atoms with van der Waals surface area (Å²) in [7, 11) is 0. The molecule has 0 aliphatic carbocycles. The SMILES string of the molecule is CC=CCOCCC(C)=O. The van der Waals surface area contributed by atoms with Gasteiger partial charge in [-0.25, -0.2) is 0 Å². The van der Waals surface area contributed by atoms with Crippen molar-refractivity contribution in [3.8, 4) is 0 Å². The average Bonchev–Trinajstić information content (AvgIpc) is 1.87. The maximum atomic E-state index is 10.4. The summed E-state index contributed by atoms with van der Waals surface area (Å²) in [6.45, 7) is 4.66. The molecule has 0 spiro atoms. The van der Waals surface area contributed by atoms with Crippen LogP contribution >= 0.6 is 0 Å². The summed E-state index contributed by atoms with van der Waals surface area (Å²) in [5, 5.41) is 0. The number of carbonyl (C=O) groups excluding carboxylic acids is 1. The first-order valence-corrected chi connectivity index (χ1v) is 3.45. The number of carbonyl (C=O) groups is 1. The van der Waals surface area contributed by atoms with Crippen LogP contribution < -0.4 is 0 Å². The van der Waals surface area contributed by atoms with Gasteiger partial charge in [0.25, 0.3) is 0 Å². The largest absolute Gasteiger partial charge is 0.377 e. The molecule has 0 aromatic rings. The van der Waals surface area contributed by atoms with Crippen LogP contribution in [0.4, 0.5) is 0 Å². The number of ketones is 1. The maximum absolute atomic E-state index is 10.4. The molecule has 0 fully saturated rings. The lowest BCUT2D eigenvalue weighted by Crippen LogP contribution is -1.99. The molecule has 0 unspecified atom stereocenters. The highest BCUT2D eigenvalue weighted by atomic mass is 16.5. The van der Waals surface area contributed by atoms with Gasteiger partial charge in [-0.2, -0.15) is 0 Å². The Balaban J connectivity index is 2.98. The van der Waals surface area contributed by atoms with E-state index in [1.165, 1.54) is 0 Å². The second-order valence-electron chi connectivity index (χ2n) is 2.10. The van der Waals surface area contributed by atoms with Gasteiger partial charge in [-0.3, -0.25) is 4.79 Å². The van der Waals surface area contributed by atoms with Crippen LogP contribution in [0.15, 0.2) is 12.2 Å². The summed E-state index contributed by atoms with van der Waals surface area (Å²) in [6, 6.07) is 0. The topological polar surface area (TPSA) is 26.3 Å². The predicted molar refractivity (Wildman–Crippen MR) is 40.9 cm³/mol. The van der Waals surface area contributed by atoms with E-state index in [0.717, 1.165) is 0 Å². The molecular formula is C8H14O2. The van der Waals surface area contributed by atoms with E-state index in [2.05, 4.69) is 0 Å². The van der Waals surface area contributed by atoms with Gasteiger partial charge in [0, 0.05) is 6.42 Å². The van der Waals surface area contributed by atoms with Crippen molar-refractivity contribution in [2.24, 2.45) is 0 Å². The van der Waals surface area contributed by atoms with Crippen molar-refractivity contribution in [2.45, 2.75) is 20.3 Å². The van der Waals surface area contributed by atoms with Crippen LogP contribution in [0.25, 0.3) is 0 Å². The van der Waals surface area contributed by atoms with E-state index in [0.29, 0.717) is 19.6 Å². The molecule has 0 saturated heterocycles. The van der Waals surface area contributed by atoms with Crippen LogP contribution in [0.1, 0.15) is 20.3 Å². The van der Waals surface area contributed by atoms with Crippen molar-refractivity contribution in [3.05, 3.63) is 12.2 Å². The predicted octanol–water partition coefficient (Wildman–Crippen LogP) is 1.56. The minimum Gasteiger partial charge on any atom is -0.377 e. The molecule has 2 nitrogen and oxygen atoms in total. The van der Waals surface area contributed by atoms with Gasteiger partial charge in [-0.05, 0) is 13.8 Å². The molecule has 0 N–H and O–H groups in total. The Labute approximate surface area is 61.9 Å². The van der Waals surface area contributed by atoms with Crippen LogP contribution in [0.5, 0.6) is 0 Å². The quantitative estimate of drug-likeness (QED) is 0.430. The van der Waals surface area contributed by atoms with Crippen LogP contribution in [0.3, 0.4) is 0 Å². The summed E-state index contributed by atoms with van der Waals surface area (Å²) < 4.78 is 5.08. The third kappa shape index (κ3) is 7.37. The molecule has 2 heteroatoms. The zero-order valence-electron chi connectivity index (χ0n) is 6.59. The summed E-state index contributed by atoms with van der Waals surface area (Å²) in [5.41, 5.74) is 0. The van der Waals surface area contributed by atoms with Crippen LogP contribution in [0.2, 0.25) is 0 Å². The van der Waals surface area contributed by atoms with Gasteiger partial charge in [0.1, 0.15) is 5.78 Å². The lowest BCUT2D eigenvalue weighted by atomic mass is 10.3. The summed E-state index contributed by atoms with van der Waals surface area (Å²) in [5.74, 6) is 0.181.